The van der Waals surface area contributed by atoms with Crippen molar-refractivity contribution in [2.24, 2.45) is 0 Å². The number of hydrogen-bond acceptors (Lipinski definition) is 8. The van der Waals surface area contributed by atoms with Crippen molar-refractivity contribution in [3.8, 4) is 40.2 Å². The van der Waals surface area contributed by atoms with Gasteiger partial charge in [-0.1, -0.05) is 0 Å². The Morgan fingerprint density at radius 2 is 1.47 bits per heavy atom. The summed E-state index contributed by atoms with van der Waals surface area (Å²) in [5.74, 6) is 2.21. The lowest BCUT2D eigenvalue weighted by Crippen LogP contribution is -2.45. The standard InChI is InChI=1S/C28H30N6O2/c1-21-20-26(22-4-10-25(11-5-22)36-28-29-12-3-13-30-28)32-27(31-21)23-6-8-24(9-7-23)35-19-18-34-16-14-33(2)15-17-34/h3-13,20H,14-19H2,1-2H3. The maximum Gasteiger partial charge on any atom is 0.321 e. The summed E-state index contributed by atoms with van der Waals surface area (Å²) in [6, 6.07) is 19.8. The average Bonchev–Trinajstić information content (AvgIpc) is 2.91. The third kappa shape index (κ3) is 6.21. The van der Waals surface area contributed by atoms with Gasteiger partial charge in [0.25, 0.3) is 0 Å². The van der Waals surface area contributed by atoms with Crippen molar-refractivity contribution in [2.75, 3.05) is 46.4 Å². The number of nitrogens with zero attached hydrogens (tertiary/aromatic N) is 6. The summed E-state index contributed by atoms with van der Waals surface area (Å²) < 4.78 is 11.7. The Kier molecular flexibility index (Phi) is 7.44. The predicted molar refractivity (Wildman–Crippen MR) is 139 cm³/mol. The minimum Gasteiger partial charge on any atom is -0.492 e. The minimum atomic E-state index is 0.317. The minimum absolute atomic E-state index is 0.317. The lowest BCUT2D eigenvalue weighted by molar-refractivity contribution is 0.134. The first-order valence-corrected chi connectivity index (χ1v) is 12.2. The number of piperazine rings is 1. The molecule has 4 aromatic rings. The molecule has 1 saturated heterocycles. The molecule has 2 aromatic carbocycles. The summed E-state index contributed by atoms with van der Waals surface area (Å²) >= 11 is 0. The van der Waals surface area contributed by atoms with Gasteiger partial charge in [0.15, 0.2) is 5.82 Å². The van der Waals surface area contributed by atoms with Gasteiger partial charge in [0.1, 0.15) is 18.1 Å². The first-order valence-electron chi connectivity index (χ1n) is 12.2. The topological polar surface area (TPSA) is 76.5 Å². The molecule has 3 heterocycles. The Balaban J connectivity index is 1.22. The maximum absolute atomic E-state index is 5.98. The summed E-state index contributed by atoms with van der Waals surface area (Å²) in [5.41, 5.74) is 3.69. The van der Waals surface area contributed by atoms with Crippen LogP contribution in [0.4, 0.5) is 0 Å². The van der Waals surface area contributed by atoms with Crippen LogP contribution in [0.25, 0.3) is 22.6 Å². The van der Waals surface area contributed by atoms with Crippen LogP contribution in [-0.4, -0.2) is 76.1 Å². The van der Waals surface area contributed by atoms with Crippen LogP contribution < -0.4 is 9.47 Å². The first kappa shape index (κ1) is 23.8. The van der Waals surface area contributed by atoms with Crippen LogP contribution >= 0.6 is 0 Å². The monoisotopic (exact) mass is 482 g/mol. The van der Waals surface area contributed by atoms with E-state index in [1.165, 1.54) is 0 Å². The Hall–Kier alpha value is -3.88. The Bertz CT molecular complexity index is 1260. The lowest BCUT2D eigenvalue weighted by Gasteiger charge is -2.32. The number of rotatable bonds is 8. The summed E-state index contributed by atoms with van der Waals surface area (Å²) in [5, 5.41) is 0. The van der Waals surface area contributed by atoms with Crippen LogP contribution in [0.5, 0.6) is 17.5 Å². The van der Waals surface area contributed by atoms with Crippen molar-refractivity contribution in [3.05, 3.63) is 78.8 Å². The van der Waals surface area contributed by atoms with E-state index in [2.05, 4.69) is 31.8 Å². The van der Waals surface area contributed by atoms with Crippen LogP contribution in [0, 0.1) is 6.92 Å². The van der Waals surface area contributed by atoms with E-state index in [-0.39, 0.29) is 0 Å². The molecule has 0 unspecified atom stereocenters. The van der Waals surface area contributed by atoms with Gasteiger partial charge >= 0.3 is 6.01 Å². The molecule has 2 aromatic heterocycles. The fraction of sp³-hybridized carbons (Fsp3) is 0.286. The predicted octanol–water partition coefficient (Wildman–Crippen LogP) is 4.33. The molecule has 1 aliphatic rings. The normalized spacial score (nSPS) is 14.5. The quantitative estimate of drug-likeness (QED) is 0.367. The van der Waals surface area contributed by atoms with Crippen LogP contribution in [0.15, 0.2) is 73.1 Å². The highest BCUT2D eigenvalue weighted by Gasteiger charge is 2.13. The number of aryl methyl sites for hydroxylation is 1. The molecule has 0 amide bonds. The molecule has 184 valence electrons. The van der Waals surface area contributed by atoms with Crippen molar-refractivity contribution in [1.82, 2.24) is 29.7 Å². The molecule has 0 spiro atoms. The zero-order valence-corrected chi connectivity index (χ0v) is 20.7. The second kappa shape index (κ2) is 11.2. The van der Waals surface area contributed by atoms with Gasteiger partial charge < -0.3 is 14.4 Å². The summed E-state index contributed by atoms with van der Waals surface area (Å²) in [6.45, 7) is 8.05. The van der Waals surface area contributed by atoms with Crippen molar-refractivity contribution >= 4 is 0 Å². The number of likely N-dealkylation sites (N-methyl/N-ethyl adjacent to an activating group) is 1. The zero-order chi connectivity index (χ0) is 24.7. The van der Waals surface area contributed by atoms with Gasteiger partial charge in [-0.3, -0.25) is 4.90 Å². The molecular weight excluding hydrogens is 452 g/mol. The van der Waals surface area contributed by atoms with Gasteiger partial charge in [-0.25, -0.2) is 19.9 Å². The molecule has 8 heteroatoms. The second-order valence-electron chi connectivity index (χ2n) is 8.89. The lowest BCUT2D eigenvalue weighted by atomic mass is 10.1. The molecule has 0 N–H and O–H groups in total. The van der Waals surface area contributed by atoms with E-state index in [1.807, 2.05) is 61.5 Å². The molecule has 1 aliphatic heterocycles. The molecule has 0 bridgehead atoms. The third-order valence-electron chi connectivity index (χ3n) is 6.14. The van der Waals surface area contributed by atoms with E-state index in [4.69, 9.17) is 14.5 Å². The molecule has 5 rings (SSSR count). The second-order valence-corrected chi connectivity index (χ2v) is 8.89. The number of benzene rings is 2. The molecule has 36 heavy (non-hydrogen) atoms. The number of ether oxygens (including phenoxy) is 2. The van der Waals surface area contributed by atoms with E-state index >= 15 is 0 Å². The molecule has 1 fully saturated rings. The van der Waals surface area contributed by atoms with Crippen LogP contribution in [0.2, 0.25) is 0 Å². The molecule has 0 radical (unpaired) electrons. The van der Waals surface area contributed by atoms with Gasteiger partial charge in [-0.2, -0.15) is 0 Å². The summed E-state index contributed by atoms with van der Waals surface area (Å²) in [6.07, 6.45) is 3.30. The Morgan fingerprint density at radius 1 is 0.806 bits per heavy atom. The van der Waals surface area contributed by atoms with Crippen LogP contribution in [-0.2, 0) is 0 Å². The summed E-state index contributed by atoms with van der Waals surface area (Å²) in [7, 11) is 2.17. The largest absolute Gasteiger partial charge is 0.492 e. The highest BCUT2D eigenvalue weighted by Crippen LogP contribution is 2.26. The van der Waals surface area contributed by atoms with E-state index < -0.39 is 0 Å². The SMILES string of the molecule is Cc1cc(-c2ccc(Oc3ncccn3)cc2)nc(-c2ccc(OCCN3CCN(C)CC3)cc2)n1. The molecular formula is C28H30N6O2. The number of aromatic nitrogens is 4. The highest BCUT2D eigenvalue weighted by atomic mass is 16.5. The maximum atomic E-state index is 5.98. The zero-order valence-electron chi connectivity index (χ0n) is 20.7. The van der Waals surface area contributed by atoms with E-state index in [1.54, 1.807) is 18.5 Å². The van der Waals surface area contributed by atoms with Gasteiger partial charge in [0, 0.05) is 61.9 Å². The van der Waals surface area contributed by atoms with Gasteiger partial charge in [0.2, 0.25) is 0 Å². The van der Waals surface area contributed by atoms with Crippen molar-refractivity contribution in [2.45, 2.75) is 6.92 Å². The fourth-order valence-electron chi connectivity index (χ4n) is 4.05. The molecule has 0 saturated carbocycles. The Morgan fingerprint density at radius 3 is 2.19 bits per heavy atom. The molecule has 0 aliphatic carbocycles. The summed E-state index contributed by atoms with van der Waals surface area (Å²) in [4.78, 5) is 22.5. The molecule has 8 nitrogen and oxygen atoms in total. The van der Waals surface area contributed by atoms with E-state index in [0.717, 1.165) is 61.0 Å². The fourth-order valence-corrected chi connectivity index (χ4v) is 4.05. The van der Waals surface area contributed by atoms with E-state index in [9.17, 15) is 0 Å². The van der Waals surface area contributed by atoms with Gasteiger partial charge in [-0.15, -0.1) is 0 Å². The Labute approximate surface area is 211 Å². The number of hydrogen-bond donors (Lipinski definition) is 0. The van der Waals surface area contributed by atoms with Gasteiger partial charge in [0.05, 0.1) is 5.69 Å². The highest BCUT2D eigenvalue weighted by molar-refractivity contribution is 5.65. The molecule has 0 atom stereocenters. The van der Waals surface area contributed by atoms with Crippen LogP contribution in [0.3, 0.4) is 0 Å². The van der Waals surface area contributed by atoms with Crippen molar-refractivity contribution in [3.63, 3.8) is 0 Å². The smallest absolute Gasteiger partial charge is 0.321 e. The average molecular weight is 483 g/mol. The first-order chi connectivity index (χ1) is 17.6. The van der Waals surface area contributed by atoms with Crippen molar-refractivity contribution < 1.29 is 9.47 Å². The van der Waals surface area contributed by atoms with Gasteiger partial charge in [-0.05, 0) is 74.6 Å². The van der Waals surface area contributed by atoms with Crippen molar-refractivity contribution in [1.29, 1.82) is 0 Å². The van der Waals surface area contributed by atoms with E-state index in [0.29, 0.717) is 24.2 Å². The van der Waals surface area contributed by atoms with Crippen LogP contribution in [0.1, 0.15) is 5.69 Å². The third-order valence-corrected chi connectivity index (χ3v) is 6.14.